The van der Waals surface area contributed by atoms with Gasteiger partial charge in [-0.3, -0.25) is 0 Å². The van der Waals surface area contributed by atoms with Crippen LogP contribution in [0.15, 0.2) is 6.07 Å². The van der Waals surface area contributed by atoms with Gasteiger partial charge in [-0.05, 0) is 35.6 Å². The van der Waals surface area contributed by atoms with Crippen molar-refractivity contribution in [3.05, 3.63) is 15.5 Å². The first kappa shape index (κ1) is 8.60. The van der Waals surface area contributed by atoms with Crippen LogP contribution in [0.5, 0.6) is 0 Å². The Kier molecular flexibility index (Phi) is 2.19. The van der Waals surface area contributed by atoms with Gasteiger partial charge in [0.15, 0.2) is 0 Å². The van der Waals surface area contributed by atoms with Gasteiger partial charge in [-0.2, -0.15) is 2.90 Å². The molecule has 4 nitrogen and oxygen atoms in total. The Morgan fingerprint density at radius 1 is 1.50 bits per heavy atom. The van der Waals surface area contributed by atoms with E-state index in [-0.39, 0.29) is 0 Å². The summed E-state index contributed by atoms with van der Waals surface area (Å²) in [5, 5.41) is 7.91. The van der Waals surface area contributed by atoms with Gasteiger partial charge in [0.2, 0.25) is 0 Å². The maximum Gasteiger partial charge on any atom is 0.132 e. The Morgan fingerprint density at radius 3 is 3.00 bits per heavy atom. The lowest BCUT2D eigenvalue weighted by Gasteiger charge is -1.95. The van der Waals surface area contributed by atoms with E-state index in [0.717, 1.165) is 20.4 Å². The summed E-state index contributed by atoms with van der Waals surface area (Å²) in [4.78, 5) is 4.32. The second-order valence-electron chi connectivity index (χ2n) is 2.37. The van der Waals surface area contributed by atoms with Crippen LogP contribution in [0.1, 0.15) is 5.69 Å². The average Bonchev–Trinajstić information content (AvgIpc) is 2.31. The van der Waals surface area contributed by atoms with E-state index in [0.29, 0.717) is 0 Å². The van der Waals surface area contributed by atoms with E-state index in [1.54, 1.807) is 2.90 Å². The minimum absolute atomic E-state index is 0.904. The zero-order valence-corrected chi connectivity index (χ0v) is 10.4. The molecule has 2 heterocycles. The summed E-state index contributed by atoms with van der Waals surface area (Å²) in [7, 11) is 0. The topological polar surface area (TPSA) is 43.6 Å². The molecule has 0 unspecified atom stereocenters. The SMILES string of the molecule is Cc1cc2nnn(I)c2c(I)n1. The van der Waals surface area contributed by atoms with Crippen LogP contribution in [0, 0.1) is 10.6 Å². The van der Waals surface area contributed by atoms with Gasteiger partial charge in [-0.1, -0.05) is 5.21 Å². The minimum atomic E-state index is 0.904. The number of pyridine rings is 1. The van der Waals surface area contributed by atoms with Crippen molar-refractivity contribution >= 4 is 56.5 Å². The monoisotopic (exact) mass is 386 g/mol. The fourth-order valence-electron chi connectivity index (χ4n) is 0.991. The Labute approximate surface area is 96.4 Å². The van der Waals surface area contributed by atoms with Crippen LogP contribution in [0.3, 0.4) is 0 Å². The van der Waals surface area contributed by atoms with Crippen molar-refractivity contribution in [1.29, 1.82) is 0 Å². The van der Waals surface area contributed by atoms with Crippen LogP contribution in [0.25, 0.3) is 11.0 Å². The molecule has 2 rings (SSSR count). The highest BCUT2D eigenvalue weighted by Gasteiger charge is 2.07. The molecule has 0 fully saturated rings. The van der Waals surface area contributed by atoms with Crippen molar-refractivity contribution in [3.8, 4) is 0 Å². The number of hydrogen-bond donors (Lipinski definition) is 0. The summed E-state index contributed by atoms with van der Waals surface area (Å²) in [6.07, 6.45) is 0. The van der Waals surface area contributed by atoms with Crippen molar-refractivity contribution in [1.82, 2.24) is 18.2 Å². The summed E-state index contributed by atoms with van der Waals surface area (Å²) in [5.74, 6) is 0. The van der Waals surface area contributed by atoms with E-state index in [1.807, 2.05) is 13.0 Å². The number of aryl methyl sites for hydroxylation is 1. The van der Waals surface area contributed by atoms with Crippen LogP contribution in [0.2, 0.25) is 0 Å². The number of fused-ring (bicyclic) bond motifs is 1. The van der Waals surface area contributed by atoms with Crippen LogP contribution < -0.4 is 0 Å². The van der Waals surface area contributed by atoms with E-state index in [4.69, 9.17) is 0 Å². The van der Waals surface area contributed by atoms with Crippen molar-refractivity contribution in [2.75, 3.05) is 0 Å². The van der Waals surface area contributed by atoms with Crippen LogP contribution in [-0.2, 0) is 0 Å². The maximum atomic E-state index is 4.32. The molecular formula is C6H4I2N4. The standard InChI is InChI=1S/C6H4I2N4/c1-3-2-4-5(6(7)9-3)12(8)11-10-4/h2H,1H3. The molecule has 0 atom stereocenters. The quantitative estimate of drug-likeness (QED) is 0.514. The number of halogens is 2. The molecule has 12 heavy (non-hydrogen) atoms. The molecule has 0 aliphatic rings. The highest BCUT2D eigenvalue weighted by atomic mass is 127. The summed E-state index contributed by atoms with van der Waals surface area (Å²) in [6, 6.07) is 1.93. The lowest BCUT2D eigenvalue weighted by Crippen LogP contribution is -1.89. The number of aromatic nitrogens is 4. The number of nitrogens with zero attached hydrogens (tertiary/aromatic N) is 4. The number of rotatable bonds is 0. The fourth-order valence-corrected chi connectivity index (χ4v) is 2.91. The van der Waals surface area contributed by atoms with Crippen molar-refractivity contribution in [2.45, 2.75) is 6.92 Å². The molecule has 0 bridgehead atoms. The first-order valence-corrected chi connectivity index (χ1v) is 5.27. The van der Waals surface area contributed by atoms with Gasteiger partial charge in [-0.25, -0.2) is 4.98 Å². The van der Waals surface area contributed by atoms with Gasteiger partial charge < -0.3 is 0 Å². The summed E-state index contributed by atoms with van der Waals surface area (Å²) >= 11 is 4.28. The molecule has 6 heteroatoms. The van der Waals surface area contributed by atoms with Crippen LogP contribution in [-0.4, -0.2) is 18.2 Å². The highest BCUT2D eigenvalue weighted by molar-refractivity contribution is 14.1. The molecule has 0 saturated heterocycles. The molecule has 0 amide bonds. The van der Waals surface area contributed by atoms with E-state index in [2.05, 4.69) is 60.8 Å². The minimum Gasteiger partial charge on any atom is -0.245 e. The average molecular weight is 386 g/mol. The van der Waals surface area contributed by atoms with Crippen molar-refractivity contribution in [2.24, 2.45) is 0 Å². The van der Waals surface area contributed by atoms with Gasteiger partial charge in [0, 0.05) is 5.69 Å². The van der Waals surface area contributed by atoms with Crippen LogP contribution >= 0.6 is 45.5 Å². The molecular weight excluding hydrogens is 382 g/mol. The number of hydrogen-bond acceptors (Lipinski definition) is 3. The molecule has 0 radical (unpaired) electrons. The van der Waals surface area contributed by atoms with E-state index in [9.17, 15) is 0 Å². The highest BCUT2D eigenvalue weighted by Crippen LogP contribution is 2.18. The van der Waals surface area contributed by atoms with E-state index < -0.39 is 0 Å². The maximum absolute atomic E-state index is 4.32. The van der Waals surface area contributed by atoms with Crippen molar-refractivity contribution < 1.29 is 0 Å². The Morgan fingerprint density at radius 2 is 2.25 bits per heavy atom. The largest absolute Gasteiger partial charge is 0.245 e. The van der Waals surface area contributed by atoms with E-state index >= 15 is 0 Å². The van der Waals surface area contributed by atoms with Gasteiger partial charge in [0.05, 0.1) is 22.9 Å². The molecule has 0 aliphatic carbocycles. The van der Waals surface area contributed by atoms with Gasteiger partial charge >= 0.3 is 0 Å². The zero-order chi connectivity index (χ0) is 8.72. The molecule has 0 spiro atoms. The third-order valence-electron chi connectivity index (χ3n) is 1.47. The zero-order valence-electron chi connectivity index (χ0n) is 6.12. The normalized spacial score (nSPS) is 10.9. The first-order valence-electron chi connectivity index (χ1n) is 3.23. The smallest absolute Gasteiger partial charge is 0.132 e. The molecule has 2 aromatic rings. The summed E-state index contributed by atoms with van der Waals surface area (Å²) in [5.41, 5.74) is 2.87. The summed E-state index contributed by atoms with van der Waals surface area (Å²) in [6.45, 7) is 1.95. The lowest BCUT2D eigenvalue weighted by molar-refractivity contribution is 0.937. The molecule has 0 aliphatic heterocycles. The third-order valence-corrected chi connectivity index (χ3v) is 2.90. The Balaban J connectivity index is 2.93. The molecule has 0 aromatic carbocycles. The molecule has 0 N–H and O–H groups in total. The fraction of sp³-hybridized carbons (Fsp3) is 0.167. The molecule has 0 saturated carbocycles. The van der Waals surface area contributed by atoms with Crippen LogP contribution in [0.4, 0.5) is 0 Å². The van der Waals surface area contributed by atoms with Gasteiger partial charge in [0.25, 0.3) is 0 Å². The second kappa shape index (κ2) is 3.05. The second-order valence-corrected chi connectivity index (χ2v) is 4.31. The Hall–Kier alpha value is 0.01000. The van der Waals surface area contributed by atoms with Gasteiger partial charge in [-0.15, -0.1) is 5.10 Å². The van der Waals surface area contributed by atoms with Gasteiger partial charge in [0.1, 0.15) is 14.7 Å². The van der Waals surface area contributed by atoms with Crippen molar-refractivity contribution in [3.63, 3.8) is 0 Å². The molecule has 2 aromatic heterocycles. The predicted octanol–water partition coefficient (Wildman–Crippen LogP) is 1.94. The third kappa shape index (κ3) is 1.30. The Bertz CT molecular complexity index is 436. The molecule has 62 valence electrons. The predicted molar refractivity (Wildman–Crippen MR) is 62.2 cm³/mol. The lowest BCUT2D eigenvalue weighted by atomic mass is 10.3. The van der Waals surface area contributed by atoms with E-state index in [1.165, 1.54) is 0 Å². The summed E-state index contributed by atoms with van der Waals surface area (Å²) < 4.78 is 2.66. The first-order chi connectivity index (χ1) is 5.68.